The van der Waals surface area contributed by atoms with E-state index >= 15 is 0 Å². The lowest BCUT2D eigenvalue weighted by Gasteiger charge is -2.32. The molecule has 3 N–H and O–H groups in total. The summed E-state index contributed by atoms with van der Waals surface area (Å²) in [5, 5.41) is 7.26. The predicted molar refractivity (Wildman–Crippen MR) is 77.1 cm³/mol. The summed E-state index contributed by atoms with van der Waals surface area (Å²) in [6, 6.07) is 7.11. The third kappa shape index (κ3) is 2.88. The monoisotopic (exact) mass is 293 g/mol. The molecule has 1 aromatic rings. The number of benzene rings is 1. The van der Waals surface area contributed by atoms with Crippen LogP contribution in [0.25, 0.3) is 10.4 Å². The highest BCUT2D eigenvalue weighted by molar-refractivity contribution is 6.30. The molecule has 0 heterocycles. The molecule has 106 valence electrons. The zero-order chi connectivity index (χ0) is 14.6. The maximum Gasteiger partial charge on any atom is 0.242 e. The summed E-state index contributed by atoms with van der Waals surface area (Å²) in [5.41, 5.74) is 13.9. The second-order valence-electron chi connectivity index (χ2n) is 4.83. The van der Waals surface area contributed by atoms with E-state index in [1.54, 1.807) is 12.1 Å². The normalized spacial score (nSPS) is 17.1. The van der Waals surface area contributed by atoms with Gasteiger partial charge in [-0.1, -0.05) is 28.8 Å². The van der Waals surface area contributed by atoms with Crippen molar-refractivity contribution in [3.8, 4) is 0 Å². The van der Waals surface area contributed by atoms with Crippen molar-refractivity contribution in [2.75, 3.05) is 13.1 Å². The number of nitrogens with two attached hydrogens (primary N) is 1. The van der Waals surface area contributed by atoms with Gasteiger partial charge in [0.05, 0.1) is 0 Å². The van der Waals surface area contributed by atoms with Crippen LogP contribution in [0.5, 0.6) is 0 Å². The summed E-state index contributed by atoms with van der Waals surface area (Å²) in [7, 11) is 0. The van der Waals surface area contributed by atoms with E-state index in [0.717, 1.165) is 18.4 Å². The van der Waals surface area contributed by atoms with Crippen molar-refractivity contribution < 1.29 is 4.79 Å². The minimum absolute atomic E-state index is 0.173. The number of carbonyl (C=O) groups is 1. The largest absolute Gasteiger partial charge is 0.368 e. The maximum atomic E-state index is 12.1. The van der Waals surface area contributed by atoms with E-state index < -0.39 is 11.4 Å². The SMILES string of the molecule is [N-]=[N+]=NCCNC(C(N)=O)(c1ccc(Cl)cc1)C1CC1. The fraction of sp³-hybridized carbons (Fsp3) is 0.462. The van der Waals surface area contributed by atoms with Crippen molar-refractivity contribution in [2.24, 2.45) is 16.8 Å². The molecular formula is C13H16ClN5O. The highest BCUT2D eigenvalue weighted by Crippen LogP contribution is 2.45. The van der Waals surface area contributed by atoms with Crippen LogP contribution in [0.3, 0.4) is 0 Å². The van der Waals surface area contributed by atoms with Gasteiger partial charge in [0.1, 0.15) is 5.54 Å². The van der Waals surface area contributed by atoms with Gasteiger partial charge in [0.25, 0.3) is 0 Å². The summed E-state index contributed by atoms with van der Waals surface area (Å²) < 4.78 is 0. The number of primary amides is 1. The topological polar surface area (TPSA) is 104 Å². The summed E-state index contributed by atoms with van der Waals surface area (Å²) in [6.45, 7) is 0.665. The predicted octanol–water partition coefficient (Wildman–Crippen LogP) is 2.33. The molecule has 1 amide bonds. The van der Waals surface area contributed by atoms with Crippen molar-refractivity contribution in [1.29, 1.82) is 0 Å². The quantitative estimate of drug-likeness (QED) is 0.348. The molecule has 20 heavy (non-hydrogen) atoms. The first-order valence-corrected chi connectivity index (χ1v) is 6.81. The first kappa shape index (κ1) is 14.7. The van der Waals surface area contributed by atoms with Crippen LogP contribution < -0.4 is 11.1 Å². The first-order chi connectivity index (χ1) is 9.61. The van der Waals surface area contributed by atoms with E-state index in [2.05, 4.69) is 15.3 Å². The number of nitrogens with zero attached hydrogens (tertiary/aromatic N) is 3. The average Bonchev–Trinajstić information content (AvgIpc) is 3.25. The van der Waals surface area contributed by atoms with Crippen molar-refractivity contribution in [3.05, 3.63) is 45.3 Å². The molecular weight excluding hydrogens is 278 g/mol. The van der Waals surface area contributed by atoms with E-state index in [-0.39, 0.29) is 12.5 Å². The van der Waals surface area contributed by atoms with E-state index in [9.17, 15) is 4.79 Å². The number of azide groups is 1. The van der Waals surface area contributed by atoms with Crippen molar-refractivity contribution >= 4 is 17.5 Å². The first-order valence-electron chi connectivity index (χ1n) is 6.43. The van der Waals surface area contributed by atoms with Crippen molar-refractivity contribution in [2.45, 2.75) is 18.4 Å². The van der Waals surface area contributed by atoms with Gasteiger partial charge in [0, 0.05) is 23.0 Å². The van der Waals surface area contributed by atoms with Crippen LogP contribution in [-0.4, -0.2) is 19.0 Å². The van der Waals surface area contributed by atoms with Gasteiger partial charge in [-0.2, -0.15) is 0 Å². The van der Waals surface area contributed by atoms with Crippen LogP contribution in [0.1, 0.15) is 18.4 Å². The van der Waals surface area contributed by atoms with Gasteiger partial charge in [0.2, 0.25) is 5.91 Å². The molecule has 0 aliphatic heterocycles. The Bertz CT molecular complexity index is 536. The standard InChI is InChI=1S/C13H16ClN5O/c14-11-5-3-10(4-6-11)13(12(15)20,9-1-2-9)17-7-8-18-19-16/h3-6,9,17H,1-2,7-8H2,(H2,15,20). The molecule has 2 rings (SSSR count). The second-order valence-corrected chi connectivity index (χ2v) is 5.27. The van der Waals surface area contributed by atoms with Crippen LogP contribution >= 0.6 is 11.6 Å². The van der Waals surface area contributed by atoms with Crippen LogP contribution in [0.15, 0.2) is 29.4 Å². The van der Waals surface area contributed by atoms with E-state index in [4.69, 9.17) is 22.9 Å². The highest BCUT2D eigenvalue weighted by atomic mass is 35.5. The molecule has 1 unspecified atom stereocenters. The van der Waals surface area contributed by atoms with E-state index in [0.29, 0.717) is 11.6 Å². The van der Waals surface area contributed by atoms with Crippen molar-refractivity contribution in [1.82, 2.24) is 5.32 Å². The molecule has 0 spiro atoms. The van der Waals surface area contributed by atoms with Crippen LogP contribution in [0.2, 0.25) is 5.02 Å². The molecule has 6 nitrogen and oxygen atoms in total. The van der Waals surface area contributed by atoms with E-state index in [1.807, 2.05) is 12.1 Å². The van der Waals surface area contributed by atoms with Crippen LogP contribution in [0.4, 0.5) is 0 Å². The number of nitrogens with one attached hydrogen (secondary N) is 1. The van der Waals surface area contributed by atoms with Gasteiger partial charge in [-0.3, -0.25) is 10.1 Å². The zero-order valence-corrected chi connectivity index (χ0v) is 11.7. The molecule has 1 atom stereocenters. The molecule has 1 saturated carbocycles. The minimum Gasteiger partial charge on any atom is -0.368 e. The van der Waals surface area contributed by atoms with E-state index in [1.165, 1.54) is 0 Å². The zero-order valence-electron chi connectivity index (χ0n) is 10.9. The van der Waals surface area contributed by atoms with Gasteiger partial charge in [0.15, 0.2) is 0 Å². The Labute approximate surface area is 121 Å². The molecule has 1 aliphatic rings. The molecule has 7 heteroatoms. The lowest BCUT2D eigenvalue weighted by molar-refractivity contribution is -0.125. The molecule has 1 fully saturated rings. The Balaban J connectivity index is 2.29. The summed E-state index contributed by atoms with van der Waals surface area (Å²) in [5.74, 6) is -0.240. The summed E-state index contributed by atoms with van der Waals surface area (Å²) in [4.78, 5) is 14.8. The highest BCUT2D eigenvalue weighted by Gasteiger charge is 2.50. The Morgan fingerprint density at radius 3 is 2.65 bits per heavy atom. The second kappa shape index (κ2) is 6.13. The fourth-order valence-corrected chi connectivity index (χ4v) is 2.62. The third-order valence-electron chi connectivity index (χ3n) is 3.56. The number of carbonyl (C=O) groups excluding carboxylic acids is 1. The minimum atomic E-state index is -0.907. The number of hydrogen-bond acceptors (Lipinski definition) is 3. The molecule has 0 bridgehead atoms. The Morgan fingerprint density at radius 2 is 2.15 bits per heavy atom. The Morgan fingerprint density at radius 1 is 1.50 bits per heavy atom. The Hall–Kier alpha value is -1.75. The Kier molecular flexibility index (Phi) is 4.49. The number of rotatable bonds is 7. The lowest BCUT2D eigenvalue weighted by atomic mass is 9.84. The number of hydrogen-bond donors (Lipinski definition) is 2. The molecule has 1 aromatic carbocycles. The summed E-state index contributed by atoms with van der Waals surface area (Å²) in [6.07, 6.45) is 1.89. The van der Waals surface area contributed by atoms with Crippen molar-refractivity contribution in [3.63, 3.8) is 0 Å². The van der Waals surface area contributed by atoms with Crippen LogP contribution in [0, 0.1) is 5.92 Å². The fourth-order valence-electron chi connectivity index (χ4n) is 2.49. The smallest absolute Gasteiger partial charge is 0.242 e. The molecule has 0 aromatic heterocycles. The van der Waals surface area contributed by atoms with Gasteiger partial charge in [-0.25, -0.2) is 0 Å². The van der Waals surface area contributed by atoms with Gasteiger partial charge in [-0.15, -0.1) is 0 Å². The van der Waals surface area contributed by atoms with Gasteiger partial charge < -0.3 is 5.73 Å². The molecule has 1 aliphatic carbocycles. The molecule has 0 radical (unpaired) electrons. The van der Waals surface area contributed by atoms with Gasteiger partial charge in [-0.05, 0) is 42.0 Å². The lowest BCUT2D eigenvalue weighted by Crippen LogP contribution is -2.55. The molecule has 0 saturated heterocycles. The van der Waals surface area contributed by atoms with Crippen LogP contribution in [-0.2, 0) is 10.3 Å². The summed E-state index contributed by atoms with van der Waals surface area (Å²) >= 11 is 5.89. The van der Waals surface area contributed by atoms with Gasteiger partial charge >= 0.3 is 0 Å². The third-order valence-corrected chi connectivity index (χ3v) is 3.81. The average molecular weight is 294 g/mol. The number of amides is 1. The number of halogens is 1. The maximum absolute atomic E-state index is 12.1.